The van der Waals surface area contributed by atoms with E-state index >= 15 is 4.79 Å². The van der Waals surface area contributed by atoms with Gasteiger partial charge in [-0.25, -0.2) is 9.59 Å². The Balaban J connectivity index is 1.26. The molecule has 75 heavy (non-hydrogen) atoms. The zero-order chi connectivity index (χ0) is 52.7. The van der Waals surface area contributed by atoms with Crippen LogP contribution in [0.4, 0.5) is 9.59 Å². The summed E-state index contributed by atoms with van der Waals surface area (Å²) in [7, 11) is 1.53. The molecule has 2 amide bonds. The minimum absolute atomic E-state index is 0.00289. The quantitative estimate of drug-likeness (QED) is 0.0244. The highest BCUT2D eigenvalue weighted by atomic mass is 16.7. The normalized spacial score (nSPS) is 21.1. The number of nitrogens with one attached hydrogen (secondary N) is 1. The molecule has 4 aromatic carbocycles. The van der Waals surface area contributed by atoms with Crippen molar-refractivity contribution in [3.05, 3.63) is 132 Å². The molecule has 6 atom stereocenters. The van der Waals surface area contributed by atoms with Crippen LogP contribution in [0.1, 0.15) is 139 Å². The fourth-order valence-electron chi connectivity index (χ4n) is 11.7. The van der Waals surface area contributed by atoms with Crippen LogP contribution in [-0.2, 0) is 32.2 Å². The summed E-state index contributed by atoms with van der Waals surface area (Å²) in [6.07, 6.45) is 19.5. The zero-order valence-electron chi connectivity index (χ0n) is 44.6. The summed E-state index contributed by atoms with van der Waals surface area (Å²) in [5.41, 5.74) is 4.33. The van der Waals surface area contributed by atoms with Gasteiger partial charge in [-0.2, -0.15) is 0 Å². The number of rotatable bonds is 32. The molecule has 13 nitrogen and oxygen atoms in total. The predicted octanol–water partition coefficient (Wildman–Crippen LogP) is 13.0. The molecule has 3 aliphatic rings. The van der Waals surface area contributed by atoms with Gasteiger partial charge in [-0.1, -0.05) is 168 Å². The molecule has 0 bridgehead atoms. The van der Waals surface area contributed by atoms with Crippen molar-refractivity contribution in [3.8, 4) is 11.5 Å². The number of carbonyl (C=O) groups is 2. The number of nitrogens with zero attached hydrogens (tertiary/aromatic N) is 2. The second kappa shape index (κ2) is 30.1. The number of aliphatic hydroxyl groups excluding tert-OH is 2. The maximum absolute atomic E-state index is 15.2. The van der Waals surface area contributed by atoms with Crippen molar-refractivity contribution < 1.29 is 48.3 Å². The Morgan fingerprint density at radius 3 is 2.31 bits per heavy atom. The van der Waals surface area contributed by atoms with Crippen LogP contribution >= 0.6 is 0 Å². The highest BCUT2D eigenvalue weighted by Gasteiger charge is 2.65. The van der Waals surface area contributed by atoms with Crippen LogP contribution in [0.15, 0.2) is 120 Å². The fraction of sp³-hybridized carbons (Fsp3) is 0.532. The lowest BCUT2D eigenvalue weighted by Crippen LogP contribution is -2.70. The number of allylic oxidation sites excluding steroid dienone is 1. The molecule has 0 unspecified atom stereocenters. The van der Waals surface area contributed by atoms with Crippen LogP contribution in [0, 0.1) is 17.8 Å². The zero-order valence-corrected chi connectivity index (χ0v) is 44.6. The third-order valence-electron chi connectivity index (χ3n) is 15.3. The molecular formula is C62H83N3O10. The van der Waals surface area contributed by atoms with E-state index in [0.29, 0.717) is 43.2 Å². The molecule has 13 heteroatoms. The van der Waals surface area contributed by atoms with Crippen LogP contribution in [0.25, 0.3) is 10.8 Å². The van der Waals surface area contributed by atoms with Crippen molar-refractivity contribution >= 4 is 28.7 Å². The fourth-order valence-corrected chi connectivity index (χ4v) is 11.7. The van der Waals surface area contributed by atoms with Crippen molar-refractivity contribution in [2.75, 3.05) is 46.7 Å². The van der Waals surface area contributed by atoms with E-state index in [9.17, 15) is 15.0 Å². The van der Waals surface area contributed by atoms with Crippen molar-refractivity contribution in [1.82, 2.24) is 10.2 Å². The molecule has 0 aromatic heterocycles. The molecule has 406 valence electrons. The number of aliphatic hydroxyl groups is 2. The van der Waals surface area contributed by atoms with Gasteiger partial charge in [0.25, 0.3) is 0 Å². The summed E-state index contributed by atoms with van der Waals surface area (Å²) in [6, 6.07) is 28.8. The highest BCUT2D eigenvalue weighted by Crippen LogP contribution is 2.62. The average molecular weight is 1030 g/mol. The molecule has 0 spiro atoms. The molecule has 0 radical (unpaired) electrons. The largest absolute Gasteiger partial charge is 0.459 e. The lowest BCUT2D eigenvalue weighted by atomic mass is 9.55. The average Bonchev–Trinajstić information content (AvgIpc) is 3.47. The van der Waals surface area contributed by atoms with Crippen molar-refractivity contribution in [2.24, 2.45) is 22.9 Å². The van der Waals surface area contributed by atoms with Crippen molar-refractivity contribution in [1.29, 1.82) is 0 Å². The molecule has 3 N–H and O–H groups in total. The number of amides is 2. The van der Waals surface area contributed by atoms with Crippen LogP contribution in [0.3, 0.4) is 0 Å². The van der Waals surface area contributed by atoms with Crippen LogP contribution in [-0.4, -0.2) is 91.5 Å². The Morgan fingerprint density at radius 2 is 1.56 bits per heavy atom. The second-order valence-electron chi connectivity index (χ2n) is 20.4. The molecule has 1 saturated carbocycles. The summed E-state index contributed by atoms with van der Waals surface area (Å²) in [4.78, 5) is 36.1. The Morgan fingerprint density at radius 1 is 0.840 bits per heavy atom. The van der Waals surface area contributed by atoms with Gasteiger partial charge in [0.2, 0.25) is 5.79 Å². The molecule has 0 saturated heterocycles. The molecule has 1 fully saturated rings. The van der Waals surface area contributed by atoms with Gasteiger partial charge >= 0.3 is 12.2 Å². The van der Waals surface area contributed by atoms with E-state index < -0.39 is 29.9 Å². The first-order valence-corrected chi connectivity index (χ1v) is 27.9. The highest BCUT2D eigenvalue weighted by molar-refractivity contribution is 6.03. The number of hydrogen-bond donors (Lipinski definition) is 3. The number of benzene rings is 4. The lowest BCUT2D eigenvalue weighted by molar-refractivity contribution is -0.256. The molecule has 1 aliphatic heterocycles. The number of fused-ring (bicyclic) bond motifs is 3. The summed E-state index contributed by atoms with van der Waals surface area (Å²) in [5.74, 6) is -1.49. The first-order valence-electron chi connectivity index (χ1n) is 27.9. The summed E-state index contributed by atoms with van der Waals surface area (Å²) in [5, 5.41) is 29.8. The Hall–Kier alpha value is -5.73. The van der Waals surface area contributed by atoms with E-state index in [4.69, 9.17) is 33.7 Å². The van der Waals surface area contributed by atoms with Gasteiger partial charge in [0.1, 0.15) is 31.3 Å². The van der Waals surface area contributed by atoms with E-state index in [1.54, 1.807) is 17.0 Å². The lowest BCUT2D eigenvalue weighted by Gasteiger charge is -2.59. The van der Waals surface area contributed by atoms with Crippen molar-refractivity contribution in [3.63, 3.8) is 0 Å². The smallest absolute Gasteiger partial charge is 0.412 e. The summed E-state index contributed by atoms with van der Waals surface area (Å²) in [6.45, 7) is 7.79. The Bertz CT molecular complexity index is 2460. The molecule has 7 rings (SSSR count). The van der Waals surface area contributed by atoms with E-state index in [-0.39, 0.29) is 63.8 Å². The predicted molar refractivity (Wildman–Crippen MR) is 295 cm³/mol. The van der Waals surface area contributed by atoms with E-state index in [2.05, 4.69) is 43.1 Å². The van der Waals surface area contributed by atoms with E-state index in [0.717, 1.165) is 78.0 Å². The topological polar surface area (TPSA) is 158 Å². The van der Waals surface area contributed by atoms with Gasteiger partial charge in [0.15, 0.2) is 0 Å². The molecule has 1 heterocycles. The van der Waals surface area contributed by atoms with Crippen LogP contribution < -0.4 is 14.8 Å². The molecule has 4 aromatic rings. The SMILES string of the molecule is C=CCO[C@@]12Oc3ccc(OC(=O)NCCCCCCCCCCCC)cc3[C@H]3[C@H](CCCCO)[C@@H](CCCCO)C=C(C(=NOC)C[C@@H]1N(Cc1cccc4ccccc14)C(=O)OCCOCc1ccccc1)[C@H]32. The van der Waals surface area contributed by atoms with E-state index in [1.165, 1.54) is 52.1 Å². The maximum Gasteiger partial charge on any atom is 0.412 e. The minimum Gasteiger partial charge on any atom is -0.459 e. The number of oxime groups is 1. The van der Waals surface area contributed by atoms with E-state index in [1.807, 2.05) is 66.7 Å². The van der Waals surface area contributed by atoms with Crippen molar-refractivity contribution in [2.45, 2.75) is 147 Å². The first-order chi connectivity index (χ1) is 36.8. The number of carbonyl (C=O) groups excluding carboxylic acids is 2. The third kappa shape index (κ3) is 15.2. The maximum atomic E-state index is 15.2. The van der Waals surface area contributed by atoms with Crippen LogP contribution in [0.5, 0.6) is 11.5 Å². The van der Waals surface area contributed by atoms with Gasteiger partial charge in [-0.05, 0) is 89.6 Å². The second-order valence-corrected chi connectivity index (χ2v) is 20.4. The van der Waals surface area contributed by atoms with Gasteiger partial charge in [-0.15, -0.1) is 6.58 Å². The minimum atomic E-state index is -1.53. The number of hydrogen-bond acceptors (Lipinski definition) is 11. The summed E-state index contributed by atoms with van der Waals surface area (Å²) >= 11 is 0. The number of unbranched alkanes of at least 4 members (excludes halogenated alkanes) is 11. The Kier molecular flexibility index (Phi) is 22.9. The van der Waals surface area contributed by atoms with Crippen LogP contribution in [0.2, 0.25) is 0 Å². The standard InChI is InChI=1S/C62H83N3O10/c1-4-6-7-8-9-10-11-12-13-21-35-63-60(68)74-50-33-34-56-54(42-50)58-52(32-20-23-37-67)48(28-19-22-36-66)41-53-55(64-70-3)43-57(62(75-56,59(53)58)73-38-5-2)65(44-49-30-24-29-47-27-17-18-31-51(47)49)61(69)72-40-39-71-45-46-25-15-14-16-26-46/h5,14-18,24-27,29-31,33-34,41-42,48,52,57-59,66-67H,2,4,6-13,19-23,28,32,35-40,43-45H2,1,3H3,(H,63,68)/t48-,52+,57-,58+,59+,62+/m0/s1. The van der Waals surface area contributed by atoms with Gasteiger partial charge in [0, 0.05) is 37.7 Å². The Labute approximate surface area is 445 Å². The third-order valence-corrected chi connectivity index (χ3v) is 15.3. The van der Waals surface area contributed by atoms with Gasteiger partial charge < -0.3 is 44.1 Å². The number of ether oxygens (including phenoxy) is 5. The van der Waals surface area contributed by atoms with Gasteiger partial charge in [-0.3, -0.25) is 4.90 Å². The molecule has 2 aliphatic carbocycles. The van der Waals surface area contributed by atoms with Gasteiger partial charge in [0.05, 0.1) is 38.0 Å². The first kappa shape index (κ1) is 57.0. The summed E-state index contributed by atoms with van der Waals surface area (Å²) < 4.78 is 32.9. The molecular weight excluding hydrogens is 947 g/mol. The monoisotopic (exact) mass is 1030 g/mol.